The van der Waals surface area contributed by atoms with Gasteiger partial charge in [-0.1, -0.05) is 12.1 Å². The highest BCUT2D eigenvalue weighted by Gasteiger charge is 2.11. The van der Waals surface area contributed by atoms with E-state index in [1.54, 1.807) is 30.3 Å². The summed E-state index contributed by atoms with van der Waals surface area (Å²) < 4.78 is 21.5. The second-order valence-corrected chi connectivity index (χ2v) is 5.27. The van der Waals surface area contributed by atoms with Gasteiger partial charge in [0.15, 0.2) is 0 Å². The number of rotatable bonds is 6. The Bertz CT molecular complexity index is 544. The molecule has 2 aromatic rings. The molecule has 1 N–H and O–H groups in total. The van der Waals surface area contributed by atoms with Crippen molar-refractivity contribution in [3.63, 3.8) is 0 Å². The number of hydrogen-bond donors (Lipinski definition) is 1. The summed E-state index contributed by atoms with van der Waals surface area (Å²) in [7, 11) is 1.65. The summed E-state index contributed by atoms with van der Waals surface area (Å²) in [5.74, 6) is -0.273. The van der Waals surface area contributed by atoms with Gasteiger partial charge >= 0.3 is 0 Å². The summed E-state index contributed by atoms with van der Waals surface area (Å²) in [5, 5.41) is 7.38. The van der Waals surface area contributed by atoms with Crippen LogP contribution in [-0.4, -0.2) is 30.0 Å². The molecule has 0 bridgehead atoms. The molecule has 0 spiro atoms. The van der Waals surface area contributed by atoms with Crippen molar-refractivity contribution in [2.45, 2.75) is 6.54 Å². The number of benzene rings is 1. The lowest BCUT2D eigenvalue weighted by molar-refractivity contribution is 0.199. The molecule has 0 amide bonds. The van der Waals surface area contributed by atoms with Crippen molar-refractivity contribution in [2.75, 3.05) is 20.3 Å². The zero-order valence-corrected chi connectivity index (χ0v) is 12.7. The summed E-state index contributed by atoms with van der Waals surface area (Å²) in [6.45, 7) is 1.93. The van der Waals surface area contributed by atoms with Crippen LogP contribution in [0.1, 0.15) is 5.56 Å². The predicted octanol–water partition coefficient (Wildman–Crippen LogP) is 2.35. The first-order valence-corrected chi connectivity index (χ1v) is 6.98. The standard InChI is InChI=1S/C13H15FIN3O/c1-19-6-5-16-7-10-3-2-4-12(14)13(10)18-9-11(15)8-17-18/h2-4,8-9,16H,5-7H2,1H3. The molecule has 0 saturated carbocycles. The molecule has 0 aliphatic heterocycles. The quantitative estimate of drug-likeness (QED) is 0.623. The average molecular weight is 375 g/mol. The number of aromatic nitrogens is 2. The molecule has 4 nitrogen and oxygen atoms in total. The van der Waals surface area contributed by atoms with Crippen molar-refractivity contribution >= 4 is 22.6 Å². The van der Waals surface area contributed by atoms with Crippen LogP contribution in [0.15, 0.2) is 30.6 Å². The number of hydrogen-bond acceptors (Lipinski definition) is 3. The van der Waals surface area contributed by atoms with Gasteiger partial charge in [-0.2, -0.15) is 5.10 Å². The van der Waals surface area contributed by atoms with Crippen LogP contribution in [0, 0.1) is 9.39 Å². The number of halogens is 2. The average Bonchev–Trinajstić information content (AvgIpc) is 2.81. The SMILES string of the molecule is COCCNCc1cccc(F)c1-n1cc(I)cn1. The second kappa shape index (κ2) is 6.97. The van der Waals surface area contributed by atoms with Crippen molar-refractivity contribution in [2.24, 2.45) is 0 Å². The summed E-state index contributed by atoms with van der Waals surface area (Å²) >= 11 is 2.15. The van der Waals surface area contributed by atoms with Crippen molar-refractivity contribution in [3.05, 3.63) is 45.5 Å². The van der Waals surface area contributed by atoms with Crippen molar-refractivity contribution in [1.82, 2.24) is 15.1 Å². The molecular formula is C13H15FIN3O. The predicted molar refractivity (Wildman–Crippen MR) is 79.8 cm³/mol. The van der Waals surface area contributed by atoms with Crippen LogP contribution in [0.25, 0.3) is 5.69 Å². The van der Waals surface area contributed by atoms with Crippen molar-refractivity contribution in [3.8, 4) is 5.69 Å². The van der Waals surface area contributed by atoms with Crippen LogP contribution in [-0.2, 0) is 11.3 Å². The minimum atomic E-state index is -0.273. The third kappa shape index (κ3) is 3.74. The number of methoxy groups -OCH3 is 1. The Labute approximate surface area is 125 Å². The fourth-order valence-corrected chi connectivity index (χ4v) is 2.17. The van der Waals surface area contributed by atoms with E-state index in [9.17, 15) is 4.39 Å². The lowest BCUT2D eigenvalue weighted by Gasteiger charge is -2.11. The number of para-hydroxylation sites is 1. The molecule has 0 aliphatic carbocycles. The zero-order chi connectivity index (χ0) is 13.7. The van der Waals surface area contributed by atoms with Crippen LogP contribution >= 0.6 is 22.6 Å². The molecule has 0 atom stereocenters. The zero-order valence-electron chi connectivity index (χ0n) is 10.6. The van der Waals surface area contributed by atoms with Crippen LogP contribution in [0.5, 0.6) is 0 Å². The smallest absolute Gasteiger partial charge is 0.149 e. The third-order valence-corrected chi connectivity index (χ3v) is 3.21. The van der Waals surface area contributed by atoms with Gasteiger partial charge in [-0.15, -0.1) is 0 Å². The van der Waals surface area contributed by atoms with E-state index in [0.717, 1.165) is 15.7 Å². The van der Waals surface area contributed by atoms with E-state index >= 15 is 0 Å². The molecule has 0 fully saturated rings. The van der Waals surface area contributed by atoms with E-state index in [1.165, 1.54) is 6.07 Å². The maximum atomic E-state index is 14.0. The highest BCUT2D eigenvalue weighted by Crippen LogP contribution is 2.19. The van der Waals surface area contributed by atoms with Gasteiger partial charge < -0.3 is 10.1 Å². The Hall–Kier alpha value is -0.990. The lowest BCUT2D eigenvalue weighted by atomic mass is 10.1. The second-order valence-electron chi connectivity index (χ2n) is 4.02. The Morgan fingerprint density at radius 3 is 3.00 bits per heavy atom. The van der Waals surface area contributed by atoms with Gasteiger partial charge in [0.2, 0.25) is 0 Å². The Morgan fingerprint density at radius 2 is 2.32 bits per heavy atom. The monoisotopic (exact) mass is 375 g/mol. The number of nitrogens with zero attached hydrogens (tertiary/aromatic N) is 2. The molecule has 1 aromatic heterocycles. The lowest BCUT2D eigenvalue weighted by Crippen LogP contribution is -2.20. The van der Waals surface area contributed by atoms with Gasteiger partial charge in [-0.3, -0.25) is 0 Å². The van der Waals surface area contributed by atoms with E-state index < -0.39 is 0 Å². The highest BCUT2D eigenvalue weighted by molar-refractivity contribution is 14.1. The van der Waals surface area contributed by atoms with Gasteiger partial charge in [0.1, 0.15) is 11.5 Å². The molecule has 0 radical (unpaired) electrons. The molecule has 19 heavy (non-hydrogen) atoms. The Balaban J connectivity index is 2.21. The fraction of sp³-hybridized carbons (Fsp3) is 0.308. The van der Waals surface area contributed by atoms with Gasteiger partial charge in [-0.25, -0.2) is 9.07 Å². The van der Waals surface area contributed by atoms with E-state index in [0.29, 0.717) is 18.8 Å². The van der Waals surface area contributed by atoms with Gasteiger partial charge in [-0.05, 0) is 34.2 Å². The molecule has 102 valence electrons. The molecule has 1 aromatic carbocycles. The summed E-state index contributed by atoms with van der Waals surface area (Å²) in [5.41, 5.74) is 1.37. The highest BCUT2D eigenvalue weighted by atomic mass is 127. The topological polar surface area (TPSA) is 39.1 Å². The molecular weight excluding hydrogens is 360 g/mol. The van der Waals surface area contributed by atoms with E-state index in [2.05, 4.69) is 33.0 Å². The molecule has 6 heteroatoms. The van der Waals surface area contributed by atoms with E-state index in [1.807, 2.05) is 6.07 Å². The number of ether oxygens (including phenoxy) is 1. The Kier molecular flexibility index (Phi) is 5.29. The molecule has 1 heterocycles. The first-order valence-electron chi connectivity index (χ1n) is 5.90. The Morgan fingerprint density at radius 1 is 1.47 bits per heavy atom. The van der Waals surface area contributed by atoms with Gasteiger partial charge in [0.05, 0.1) is 16.4 Å². The van der Waals surface area contributed by atoms with Crippen LogP contribution < -0.4 is 5.32 Å². The first-order chi connectivity index (χ1) is 9.22. The third-order valence-electron chi connectivity index (χ3n) is 2.65. The van der Waals surface area contributed by atoms with E-state index in [-0.39, 0.29) is 5.82 Å². The van der Waals surface area contributed by atoms with Gasteiger partial charge in [0.25, 0.3) is 0 Å². The minimum absolute atomic E-state index is 0.273. The molecule has 0 saturated heterocycles. The van der Waals surface area contributed by atoms with Crippen molar-refractivity contribution in [1.29, 1.82) is 0 Å². The molecule has 0 unspecified atom stereocenters. The van der Waals surface area contributed by atoms with E-state index in [4.69, 9.17) is 4.74 Å². The fourth-order valence-electron chi connectivity index (χ4n) is 1.78. The van der Waals surface area contributed by atoms with Crippen LogP contribution in [0.4, 0.5) is 4.39 Å². The maximum absolute atomic E-state index is 14.0. The maximum Gasteiger partial charge on any atom is 0.149 e. The molecule has 0 aliphatic rings. The van der Waals surface area contributed by atoms with Crippen molar-refractivity contribution < 1.29 is 9.13 Å². The summed E-state index contributed by atoms with van der Waals surface area (Å²) in [4.78, 5) is 0. The first kappa shape index (κ1) is 14.4. The number of nitrogens with one attached hydrogen (secondary N) is 1. The molecule has 2 rings (SSSR count). The van der Waals surface area contributed by atoms with Crippen LogP contribution in [0.3, 0.4) is 0 Å². The summed E-state index contributed by atoms with van der Waals surface area (Å²) in [6.07, 6.45) is 3.51. The summed E-state index contributed by atoms with van der Waals surface area (Å²) in [6, 6.07) is 5.05. The normalized spacial score (nSPS) is 10.9. The largest absolute Gasteiger partial charge is 0.383 e. The van der Waals surface area contributed by atoms with Gasteiger partial charge in [0, 0.05) is 26.4 Å². The minimum Gasteiger partial charge on any atom is -0.383 e. The van der Waals surface area contributed by atoms with Crippen LogP contribution in [0.2, 0.25) is 0 Å².